The summed E-state index contributed by atoms with van der Waals surface area (Å²) in [7, 11) is 0. The highest BCUT2D eigenvalue weighted by Crippen LogP contribution is 2.23. The first kappa shape index (κ1) is 13.7. The standard InChI is InChI=1S/C16H14NO.BrH/c18-12-14-6-4-13(5-7-14)11-15-8-10-17-9-2-1-3-16(15)17;/h1-7,9,11-12H,8,10H2;1H/q+1;/p-1/b15-11+;. The van der Waals surface area contributed by atoms with E-state index in [1.165, 1.54) is 11.3 Å². The van der Waals surface area contributed by atoms with Gasteiger partial charge in [0, 0.05) is 29.7 Å². The average molecular weight is 316 g/mol. The Balaban J connectivity index is 0.00000133. The summed E-state index contributed by atoms with van der Waals surface area (Å²) in [5.74, 6) is 0. The van der Waals surface area contributed by atoms with Gasteiger partial charge < -0.3 is 17.0 Å². The Morgan fingerprint density at radius 2 is 1.74 bits per heavy atom. The molecule has 0 aliphatic carbocycles. The van der Waals surface area contributed by atoms with Crippen LogP contribution in [0.4, 0.5) is 0 Å². The fourth-order valence-electron chi connectivity index (χ4n) is 2.35. The highest BCUT2D eigenvalue weighted by atomic mass is 79.9. The third-order valence-electron chi connectivity index (χ3n) is 3.31. The van der Waals surface area contributed by atoms with Crippen molar-refractivity contribution in [3.63, 3.8) is 0 Å². The zero-order chi connectivity index (χ0) is 12.4. The predicted octanol–water partition coefficient (Wildman–Crippen LogP) is -0.265. The molecule has 1 aliphatic rings. The van der Waals surface area contributed by atoms with Crippen LogP contribution in [0.15, 0.2) is 48.7 Å². The van der Waals surface area contributed by atoms with Gasteiger partial charge in [0.2, 0.25) is 5.69 Å². The van der Waals surface area contributed by atoms with E-state index in [0.29, 0.717) is 0 Å². The van der Waals surface area contributed by atoms with Gasteiger partial charge in [-0.05, 0) is 17.7 Å². The number of fused-ring (bicyclic) bond motifs is 1. The van der Waals surface area contributed by atoms with Crippen molar-refractivity contribution < 1.29 is 26.3 Å². The van der Waals surface area contributed by atoms with E-state index in [-0.39, 0.29) is 17.0 Å². The minimum Gasteiger partial charge on any atom is -1.00 e. The van der Waals surface area contributed by atoms with Crippen molar-refractivity contribution in [2.45, 2.75) is 13.0 Å². The molecule has 0 saturated carbocycles. The minimum atomic E-state index is 0. The first-order valence-electron chi connectivity index (χ1n) is 6.11. The zero-order valence-electron chi connectivity index (χ0n) is 10.4. The number of aldehydes is 1. The summed E-state index contributed by atoms with van der Waals surface area (Å²) < 4.78 is 2.27. The number of benzene rings is 1. The van der Waals surface area contributed by atoms with Crippen LogP contribution in [0, 0.1) is 0 Å². The summed E-state index contributed by atoms with van der Waals surface area (Å²) in [5, 5.41) is 0. The summed E-state index contributed by atoms with van der Waals surface area (Å²) in [6.45, 7) is 1.05. The highest BCUT2D eigenvalue weighted by Gasteiger charge is 2.22. The molecule has 2 nitrogen and oxygen atoms in total. The molecule has 0 fully saturated rings. The Labute approximate surface area is 123 Å². The molecule has 2 heterocycles. The SMILES string of the molecule is O=Cc1ccc(/C=C2\CC[n+]3ccccc32)cc1.[Br-]. The van der Waals surface area contributed by atoms with E-state index >= 15 is 0 Å². The lowest BCUT2D eigenvalue weighted by molar-refractivity contribution is -0.689. The van der Waals surface area contributed by atoms with Crippen molar-refractivity contribution in [1.82, 2.24) is 0 Å². The van der Waals surface area contributed by atoms with Crippen LogP contribution in [-0.4, -0.2) is 6.29 Å². The lowest BCUT2D eigenvalue weighted by Gasteiger charge is -1.96. The summed E-state index contributed by atoms with van der Waals surface area (Å²) >= 11 is 0. The molecule has 0 radical (unpaired) electrons. The lowest BCUT2D eigenvalue weighted by atomic mass is 10.1. The molecule has 3 rings (SSSR count). The number of rotatable bonds is 2. The van der Waals surface area contributed by atoms with Gasteiger partial charge in [0.15, 0.2) is 12.7 Å². The summed E-state index contributed by atoms with van der Waals surface area (Å²) in [6, 6.07) is 14.0. The molecule has 1 aromatic heterocycles. The van der Waals surface area contributed by atoms with Crippen LogP contribution in [0.3, 0.4) is 0 Å². The molecule has 2 aromatic rings. The quantitative estimate of drug-likeness (QED) is 0.552. The highest BCUT2D eigenvalue weighted by molar-refractivity contribution is 5.81. The lowest BCUT2D eigenvalue weighted by Crippen LogP contribution is -3.00. The van der Waals surface area contributed by atoms with Crippen LogP contribution in [0.1, 0.15) is 28.0 Å². The second kappa shape index (κ2) is 5.93. The van der Waals surface area contributed by atoms with E-state index in [1.807, 2.05) is 24.3 Å². The number of halogens is 1. The fourth-order valence-corrected chi connectivity index (χ4v) is 2.35. The predicted molar refractivity (Wildman–Crippen MR) is 71.0 cm³/mol. The largest absolute Gasteiger partial charge is 1.00 e. The van der Waals surface area contributed by atoms with Gasteiger partial charge in [-0.2, -0.15) is 4.57 Å². The molecule has 0 unspecified atom stereocenters. The molecular weight excluding hydrogens is 302 g/mol. The molecule has 0 amide bonds. The average Bonchev–Trinajstić information content (AvgIpc) is 2.83. The van der Waals surface area contributed by atoms with Crippen molar-refractivity contribution in [3.05, 3.63) is 65.5 Å². The van der Waals surface area contributed by atoms with E-state index in [2.05, 4.69) is 35.0 Å². The van der Waals surface area contributed by atoms with Gasteiger partial charge in [0.05, 0.1) is 0 Å². The van der Waals surface area contributed by atoms with Crippen LogP contribution in [0.2, 0.25) is 0 Å². The molecule has 0 spiro atoms. The van der Waals surface area contributed by atoms with Gasteiger partial charge in [-0.3, -0.25) is 4.79 Å². The number of hydrogen-bond acceptors (Lipinski definition) is 1. The number of hydrogen-bond donors (Lipinski definition) is 0. The number of allylic oxidation sites excluding steroid dienone is 1. The van der Waals surface area contributed by atoms with E-state index in [9.17, 15) is 4.79 Å². The smallest absolute Gasteiger partial charge is 0.208 e. The van der Waals surface area contributed by atoms with Crippen LogP contribution in [0.25, 0.3) is 11.6 Å². The van der Waals surface area contributed by atoms with Crippen LogP contribution in [-0.2, 0) is 6.54 Å². The summed E-state index contributed by atoms with van der Waals surface area (Å²) in [5.41, 5.74) is 4.51. The summed E-state index contributed by atoms with van der Waals surface area (Å²) in [4.78, 5) is 10.6. The van der Waals surface area contributed by atoms with E-state index < -0.39 is 0 Å². The van der Waals surface area contributed by atoms with E-state index in [0.717, 1.165) is 30.4 Å². The molecule has 0 bridgehead atoms. The van der Waals surface area contributed by atoms with Gasteiger partial charge in [0.1, 0.15) is 6.29 Å². The van der Waals surface area contributed by atoms with E-state index in [1.54, 1.807) is 0 Å². The zero-order valence-corrected chi connectivity index (χ0v) is 12.0. The maximum absolute atomic E-state index is 10.6. The van der Waals surface area contributed by atoms with Gasteiger partial charge in [-0.1, -0.05) is 24.3 Å². The summed E-state index contributed by atoms with van der Waals surface area (Å²) in [6.07, 6.45) is 6.26. The van der Waals surface area contributed by atoms with Crippen LogP contribution < -0.4 is 21.5 Å². The Hall–Kier alpha value is -1.74. The van der Waals surface area contributed by atoms with Crippen molar-refractivity contribution in [1.29, 1.82) is 0 Å². The first-order chi connectivity index (χ1) is 8.86. The van der Waals surface area contributed by atoms with Crippen molar-refractivity contribution >= 4 is 17.9 Å². The molecular formula is C16H14BrNO. The maximum Gasteiger partial charge on any atom is 0.208 e. The number of aromatic nitrogens is 1. The van der Waals surface area contributed by atoms with Gasteiger partial charge in [-0.25, -0.2) is 0 Å². The van der Waals surface area contributed by atoms with Gasteiger partial charge in [-0.15, -0.1) is 0 Å². The minimum absolute atomic E-state index is 0. The van der Waals surface area contributed by atoms with Crippen molar-refractivity contribution in [2.24, 2.45) is 0 Å². The molecule has 1 aromatic carbocycles. The number of nitrogens with zero attached hydrogens (tertiary/aromatic N) is 1. The van der Waals surface area contributed by atoms with E-state index in [4.69, 9.17) is 0 Å². The number of carbonyl (C=O) groups is 1. The molecule has 96 valence electrons. The number of pyridine rings is 1. The molecule has 3 heteroatoms. The maximum atomic E-state index is 10.6. The normalized spacial score (nSPS) is 14.8. The van der Waals surface area contributed by atoms with Gasteiger partial charge >= 0.3 is 0 Å². The number of aryl methyl sites for hydroxylation is 1. The topological polar surface area (TPSA) is 20.9 Å². The van der Waals surface area contributed by atoms with Crippen molar-refractivity contribution in [2.75, 3.05) is 0 Å². The Kier molecular flexibility index (Phi) is 4.27. The molecule has 0 saturated heterocycles. The second-order valence-electron chi connectivity index (χ2n) is 4.48. The second-order valence-corrected chi connectivity index (χ2v) is 4.48. The third kappa shape index (κ3) is 2.82. The molecule has 0 N–H and O–H groups in total. The first-order valence-corrected chi connectivity index (χ1v) is 6.11. The Morgan fingerprint density at radius 3 is 2.47 bits per heavy atom. The fraction of sp³-hybridized carbons (Fsp3) is 0.125. The number of carbonyl (C=O) groups excluding carboxylic acids is 1. The Morgan fingerprint density at radius 1 is 1.00 bits per heavy atom. The van der Waals surface area contributed by atoms with Gasteiger partial charge in [0.25, 0.3) is 0 Å². The monoisotopic (exact) mass is 315 g/mol. The molecule has 0 atom stereocenters. The Bertz CT molecular complexity index is 617. The molecule has 1 aliphatic heterocycles. The van der Waals surface area contributed by atoms with Crippen molar-refractivity contribution in [3.8, 4) is 0 Å². The van der Waals surface area contributed by atoms with Crippen LogP contribution in [0.5, 0.6) is 0 Å². The molecule has 19 heavy (non-hydrogen) atoms. The third-order valence-corrected chi connectivity index (χ3v) is 3.31. The van der Waals surface area contributed by atoms with Crippen LogP contribution >= 0.6 is 0 Å².